The third kappa shape index (κ3) is 2.79. The summed E-state index contributed by atoms with van der Waals surface area (Å²) in [7, 11) is 0. The Morgan fingerprint density at radius 3 is 2.70 bits per heavy atom. The van der Waals surface area contributed by atoms with Crippen molar-refractivity contribution in [3.63, 3.8) is 0 Å². The fraction of sp³-hybridized carbons (Fsp3) is 0. The maximum Gasteiger partial charge on any atom is 0.312 e. The number of aldehydes is 1. The second kappa shape index (κ2) is 5.63. The Balaban J connectivity index is 2.40. The smallest absolute Gasteiger partial charge is 0.312 e. The Morgan fingerprint density at radius 1 is 1.25 bits per heavy atom. The van der Waals surface area contributed by atoms with Gasteiger partial charge in [0.15, 0.2) is 0 Å². The maximum absolute atomic E-state index is 11.0. The molecule has 0 aliphatic heterocycles. The number of ether oxygens (including phenoxy) is 1. The first-order valence-electron chi connectivity index (χ1n) is 5.55. The molecule has 0 fully saturated rings. The summed E-state index contributed by atoms with van der Waals surface area (Å²) in [5, 5.41) is 19.7. The molecule has 0 radical (unpaired) electrons. The molecule has 6 nitrogen and oxygen atoms in total. The zero-order valence-corrected chi connectivity index (χ0v) is 10.1. The van der Waals surface area contributed by atoms with E-state index in [1.54, 1.807) is 18.2 Å². The van der Waals surface area contributed by atoms with E-state index in [1.165, 1.54) is 18.2 Å². The lowest BCUT2D eigenvalue weighted by molar-refractivity contribution is -0.385. The summed E-state index contributed by atoms with van der Waals surface area (Å²) in [5.74, 6) is 0.319. The molecule has 2 aromatic carbocycles. The van der Waals surface area contributed by atoms with Gasteiger partial charge in [-0.15, -0.1) is 0 Å². The molecule has 0 unspecified atom stereocenters. The molecule has 0 aliphatic carbocycles. The first-order valence-corrected chi connectivity index (χ1v) is 5.55. The molecule has 0 atom stereocenters. The highest BCUT2D eigenvalue weighted by Gasteiger charge is 2.16. The monoisotopic (exact) mass is 268 g/mol. The molecule has 0 aliphatic rings. The van der Waals surface area contributed by atoms with Crippen LogP contribution in [0, 0.1) is 21.4 Å². The van der Waals surface area contributed by atoms with Crippen LogP contribution in [0.25, 0.3) is 0 Å². The number of nitro groups is 1. The van der Waals surface area contributed by atoms with Gasteiger partial charge in [0.25, 0.3) is 0 Å². The van der Waals surface area contributed by atoms with Crippen LogP contribution in [0.2, 0.25) is 0 Å². The van der Waals surface area contributed by atoms with Crippen molar-refractivity contribution < 1.29 is 14.5 Å². The summed E-state index contributed by atoms with van der Waals surface area (Å²) in [4.78, 5) is 21.0. The van der Waals surface area contributed by atoms with E-state index in [4.69, 9.17) is 10.00 Å². The van der Waals surface area contributed by atoms with Crippen molar-refractivity contribution in [1.82, 2.24) is 0 Å². The number of hydrogen-bond acceptors (Lipinski definition) is 5. The molecule has 0 saturated carbocycles. The Hall–Kier alpha value is -3.20. The lowest BCUT2D eigenvalue weighted by atomic mass is 10.2. The molecule has 0 N–H and O–H groups in total. The summed E-state index contributed by atoms with van der Waals surface area (Å²) < 4.78 is 5.40. The lowest BCUT2D eigenvalue weighted by Crippen LogP contribution is -1.94. The number of carbonyl (C=O) groups is 1. The summed E-state index contributed by atoms with van der Waals surface area (Å²) in [6, 6.07) is 12.0. The minimum atomic E-state index is -0.625. The van der Waals surface area contributed by atoms with Gasteiger partial charge in [0, 0.05) is 11.6 Å². The molecule has 20 heavy (non-hydrogen) atoms. The van der Waals surface area contributed by atoms with Crippen LogP contribution in [-0.2, 0) is 0 Å². The fourth-order valence-corrected chi connectivity index (χ4v) is 1.59. The Morgan fingerprint density at radius 2 is 2.05 bits per heavy atom. The zero-order chi connectivity index (χ0) is 14.5. The van der Waals surface area contributed by atoms with Crippen LogP contribution in [0.5, 0.6) is 11.5 Å². The first-order chi connectivity index (χ1) is 9.63. The standard InChI is InChI=1S/C14H8N2O4/c15-8-10-4-5-14(13(7-10)16(18)19)20-12-3-1-2-11(6-12)9-17/h1-7,9H. The van der Waals surface area contributed by atoms with Gasteiger partial charge in [0.1, 0.15) is 12.0 Å². The van der Waals surface area contributed by atoms with E-state index in [-0.39, 0.29) is 17.0 Å². The van der Waals surface area contributed by atoms with Gasteiger partial charge in [-0.25, -0.2) is 0 Å². The van der Waals surface area contributed by atoms with E-state index in [0.717, 1.165) is 6.07 Å². The van der Waals surface area contributed by atoms with Crippen molar-refractivity contribution >= 4 is 12.0 Å². The van der Waals surface area contributed by atoms with Crippen LogP contribution in [-0.4, -0.2) is 11.2 Å². The molecule has 0 spiro atoms. The van der Waals surface area contributed by atoms with Gasteiger partial charge < -0.3 is 4.74 Å². The van der Waals surface area contributed by atoms with E-state index in [9.17, 15) is 14.9 Å². The van der Waals surface area contributed by atoms with E-state index < -0.39 is 4.92 Å². The molecule has 0 heterocycles. The third-order valence-electron chi connectivity index (χ3n) is 2.51. The molecule has 0 amide bonds. The second-order valence-electron chi connectivity index (χ2n) is 3.84. The molecule has 0 saturated heterocycles. The minimum absolute atomic E-state index is 0.0112. The van der Waals surface area contributed by atoms with Crippen molar-refractivity contribution in [1.29, 1.82) is 5.26 Å². The van der Waals surface area contributed by atoms with Gasteiger partial charge in [-0.1, -0.05) is 12.1 Å². The first kappa shape index (κ1) is 13.2. The zero-order valence-electron chi connectivity index (χ0n) is 10.1. The molecule has 98 valence electrons. The Labute approximate surface area is 114 Å². The van der Waals surface area contributed by atoms with Crippen LogP contribution in [0.4, 0.5) is 5.69 Å². The van der Waals surface area contributed by atoms with Crippen LogP contribution >= 0.6 is 0 Å². The predicted molar refractivity (Wildman–Crippen MR) is 69.7 cm³/mol. The number of hydrogen-bond donors (Lipinski definition) is 0. The van der Waals surface area contributed by atoms with Crippen LogP contribution in [0.3, 0.4) is 0 Å². The summed E-state index contributed by atoms with van der Waals surface area (Å²) in [6.45, 7) is 0. The van der Waals surface area contributed by atoms with E-state index in [0.29, 0.717) is 17.6 Å². The van der Waals surface area contributed by atoms with Gasteiger partial charge in [-0.05, 0) is 24.3 Å². The van der Waals surface area contributed by atoms with Gasteiger partial charge in [0.05, 0.1) is 16.6 Å². The van der Waals surface area contributed by atoms with Crippen molar-refractivity contribution in [2.45, 2.75) is 0 Å². The fourth-order valence-electron chi connectivity index (χ4n) is 1.59. The molecule has 6 heteroatoms. The molecule has 0 aromatic heterocycles. The van der Waals surface area contributed by atoms with Crippen molar-refractivity contribution in [3.05, 3.63) is 63.7 Å². The third-order valence-corrected chi connectivity index (χ3v) is 2.51. The van der Waals surface area contributed by atoms with Gasteiger partial charge in [0.2, 0.25) is 5.75 Å². The van der Waals surface area contributed by atoms with E-state index >= 15 is 0 Å². The Kier molecular flexibility index (Phi) is 3.72. The van der Waals surface area contributed by atoms with Crippen LogP contribution in [0.1, 0.15) is 15.9 Å². The number of carbonyl (C=O) groups excluding carboxylic acids is 1. The van der Waals surface area contributed by atoms with Crippen LogP contribution in [0.15, 0.2) is 42.5 Å². The van der Waals surface area contributed by atoms with Gasteiger partial charge in [-0.3, -0.25) is 14.9 Å². The Bertz CT molecular complexity index is 719. The van der Waals surface area contributed by atoms with Crippen molar-refractivity contribution in [3.8, 4) is 17.6 Å². The highest BCUT2D eigenvalue weighted by Crippen LogP contribution is 2.32. The van der Waals surface area contributed by atoms with Crippen LogP contribution < -0.4 is 4.74 Å². The van der Waals surface area contributed by atoms with Crippen molar-refractivity contribution in [2.75, 3.05) is 0 Å². The predicted octanol–water partition coefficient (Wildman–Crippen LogP) is 3.07. The summed E-state index contributed by atoms with van der Waals surface area (Å²) in [6.07, 6.45) is 0.653. The molecular weight excluding hydrogens is 260 g/mol. The average molecular weight is 268 g/mol. The number of nitrogens with zero attached hydrogens (tertiary/aromatic N) is 2. The number of benzene rings is 2. The quantitative estimate of drug-likeness (QED) is 0.482. The second-order valence-corrected chi connectivity index (χ2v) is 3.84. The normalized spacial score (nSPS) is 9.55. The lowest BCUT2D eigenvalue weighted by Gasteiger charge is -2.06. The van der Waals surface area contributed by atoms with E-state index in [1.807, 2.05) is 6.07 Å². The highest BCUT2D eigenvalue weighted by molar-refractivity contribution is 5.75. The topological polar surface area (TPSA) is 93.2 Å². The average Bonchev–Trinajstić information content (AvgIpc) is 2.47. The largest absolute Gasteiger partial charge is 0.450 e. The molecule has 2 rings (SSSR count). The van der Waals surface area contributed by atoms with Crippen molar-refractivity contribution in [2.24, 2.45) is 0 Å². The number of nitriles is 1. The van der Waals surface area contributed by atoms with Gasteiger partial charge >= 0.3 is 5.69 Å². The summed E-state index contributed by atoms with van der Waals surface area (Å²) >= 11 is 0. The number of nitro benzene ring substituents is 1. The minimum Gasteiger partial charge on any atom is -0.450 e. The highest BCUT2D eigenvalue weighted by atomic mass is 16.6. The SMILES string of the molecule is N#Cc1ccc(Oc2cccc(C=O)c2)c([N+](=O)[O-])c1. The number of rotatable bonds is 4. The maximum atomic E-state index is 11.0. The van der Waals surface area contributed by atoms with Gasteiger partial charge in [-0.2, -0.15) is 5.26 Å². The molecular formula is C14H8N2O4. The molecule has 2 aromatic rings. The molecule has 0 bridgehead atoms. The van der Waals surface area contributed by atoms with E-state index in [2.05, 4.69) is 0 Å². The summed E-state index contributed by atoms with van der Waals surface area (Å²) in [5.41, 5.74) is 0.269.